The third kappa shape index (κ3) is 12.9. The number of nitrogens with zero attached hydrogens (tertiary/aromatic N) is 5. The quantitative estimate of drug-likeness (QED) is 0.0765. The highest BCUT2D eigenvalue weighted by Gasteiger charge is 2.56. The molecule has 0 aliphatic carbocycles. The van der Waals surface area contributed by atoms with Gasteiger partial charge in [0.1, 0.15) is 28.2 Å². The number of likely N-dealkylation sites (N-methyl/N-ethyl adjacent to an activating group) is 1. The number of amides is 2. The molecule has 3 aliphatic heterocycles. The Morgan fingerprint density at radius 1 is 1.15 bits per heavy atom. The van der Waals surface area contributed by atoms with Gasteiger partial charge < -0.3 is 49.9 Å². The third-order valence-electron chi connectivity index (χ3n) is 13.0. The van der Waals surface area contributed by atoms with Gasteiger partial charge in [-0.3, -0.25) is 14.4 Å². The van der Waals surface area contributed by atoms with E-state index >= 15 is 4.39 Å². The van der Waals surface area contributed by atoms with Gasteiger partial charge in [-0.25, -0.2) is 24.1 Å². The largest absolute Gasteiger partial charge is 0.446 e. The number of nitrogens with one attached hydrogen (secondary N) is 1. The second-order valence-corrected chi connectivity index (χ2v) is 20.9. The number of cyclic esters (lactones) is 1. The Morgan fingerprint density at radius 2 is 1.85 bits per heavy atom. The Kier molecular flexibility index (Phi) is 18.4. The number of pyridine rings is 1. The number of oxime groups is 1. The summed E-state index contributed by atoms with van der Waals surface area (Å²) in [6, 6.07) is 4.01. The maximum atomic E-state index is 16.9. The summed E-state index contributed by atoms with van der Waals surface area (Å²) in [6.45, 7) is 13.9. The van der Waals surface area contributed by atoms with E-state index in [0.717, 1.165) is 6.92 Å². The second kappa shape index (κ2) is 22.6. The van der Waals surface area contributed by atoms with Crippen LogP contribution in [0.25, 0.3) is 10.7 Å². The highest BCUT2D eigenvalue weighted by Crippen LogP contribution is 2.44. The smallest absolute Gasteiger partial charge is 0.352 e. The lowest BCUT2D eigenvalue weighted by molar-refractivity contribution is -0.296. The minimum absolute atomic E-state index is 0.0286. The average Bonchev–Trinajstić information content (AvgIpc) is 3.74. The fraction of sp³-hybridized carbons (Fsp3) is 0.696. The molecule has 2 amide bonds. The number of Topliss-reactive ketones (excluding diaryl/α,β-unsaturated/α-hetero) is 1. The van der Waals surface area contributed by atoms with Gasteiger partial charge in [0, 0.05) is 35.4 Å². The number of carbonyl (C=O) groups excluding carboxylic acids is 4. The molecule has 0 radical (unpaired) electrons. The standard InChI is InChI=1S/C46H67FIN7O11S/c1-12-34(56)53-35-23(2)19-44(7)38(65-41-36(57)32(55(10)11)18-24(3)64-41)26(5)37(58)45(8,47)43(60)66-42(48)46(9,61)30(25(35)4)17-16-28(20-62-44)54-63-21-29-22-67-40(50-29)31-14-13-15-33(51-31)52-39(59)27(6)49/h13-15,22-27,30,32,36,38,41-42,57,61H,12,16-21,49H2,1-11H3,(H,51,52,59)/b53-35+,54-28+/t23-,24-,25-,26+,27+,30-,32+,36-,38-,41+,42+,44-,45+,46+/m1/s1. The van der Waals surface area contributed by atoms with Crippen LogP contribution in [-0.4, -0.2) is 138 Å². The number of anilines is 1. The van der Waals surface area contributed by atoms with E-state index in [1.54, 1.807) is 66.9 Å². The van der Waals surface area contributed by atoms with Gasteiger partial charge in [0.2, 0.25) is 11.8 Å². The minimum atomic E-state index is -3.21. The number of fused-ring (bicyclic) bond motifs is 5. The van der Waals surface area contributed by atoms with E-state index in [9.17, 15) is 29.4 Å². The number of aliphatic hydroxyl groups is 2. The van der Waals surface area contributed by atoms with Crippen LogP contribution in [0.15, 0.2) is 33.7 Å². The summed E-state index contributed by atoms with van der Waals surface area (Å²) in [5, 5.41) is 33.7. The number of ketones is 1. The minimum Gasteiger partial charge on any atom is -0.446 e. The number of esters is 1. The molecule has 2 aromatic rings. The molecule has 21 heteroatoms. The van der Waals surface area contributed by atoms with Crippen LogP contribution in [-0.2, 0) is 49.6 Å². The second-order valence-electron chi connectivity index (χ2n) is 18.9. The molecular weight excluding hydrogens is 1000 g/mol. The molecule has 3 saturated heterocycles. The molecule has 0 unspecified atom stereocenters. The topological polar surface area (TPSA) is 247 Å². The molecule has 2 aromatic heterocycles. The summed E-state index contributed by atoms with van der Waals surface area (Å²) < 4.78 is 41.0. The molecule has 5 N–H and O–H groups in total. The van der Waals surface area contributed by atoms with E-state index in [-0.39, 0.29) is 44.8 Å². The molecule has 0 saturated carbocycles. The normalized spacial score (nSPS) is 36.4. The summed E-state index contributed by atoms with van der Waals surface area (Å²) in [7, 11) is 3.63. The zero-order valence-electron chi connectivity index (χ0n) is 40.2. The van der Waals surface area contributed by atoms with Crippen molar-refractivity contribution in [3.8, 4) is 10.7 Å². The lowest BCUT2D eigenvalue weighted by Crippen LogP contribution is -2.61. The van der Waals surface area contributed by atoms with Gasteiger partial charge >= 0.3 is 5.97 Å². The summed E-state index contributed by atoms with van der Waals surface area (Å²) in [6.07, 6.45) is -3.40. The first kappa shape index (κ1) is 54.5. The van der Waals surface area contributed by atoms with Crippen molar-refractivity contribution in [1.29, 1.82) is 0 Å². The molecular formula is C46H67FIN7O11S. The summed E-state index contributed by atoms with van der Waals surface area (Å²) in [5.41, 5.74) is 0.911. The van der Waals surface area contributed by atoms with E-state index < -0.39 is 99.0 Å². The van der Waals surface area contributed by atoms with Crippen LogP contribution in [0.3, 0.4) is 0 Å². The van der Waals surface area contributed by atoms with Gasteiger partial charge in [0.05, 0.1) is 41.9 Å². The molecule has 5 heterocycles. The lowest BCUT2D eigenvalue weighted by atomic mass is 9.70. The zero-order chi connectivity index (χ0) is 49.8. The van der Waals surface area contributed by atoms with Crippen molar-refractivity contribution in [2.45, 2.75) is 159 Å². The molecule has 0 aromatic carbocycles. The summed E-state index contributed by atoms with van der Waals surface area (Å²) >= 11 is 3.05. The maximum absolute atomic E-state index is 16.9. The average molecular weight is 1070 g/mol. The van der Waals surface area contributed by atoms with E-state index in [2.05, 4.69) is 25.4 Å². The number of aliphatic imine (C=N–C) groups is 1. The van der Waals surface area contributed by atoms with Gasteiger partial charge in [0.25, 0.3) is 5.67 Å². The summed E-state index contributed by atoms with van der Waals surface area (Å²) in [5.74, 6) is -6.60. The van der Waals surface area contributed by atoms with Crippen molar-refractivity contribution < 1.29 is 57.6 Å². The molecule has 0 spiro atoms. The lowest BCUT2D eigenvalue weighted by Gasteiger charge is -2.47. The van der Waals surface area contributed by atoms with Crippen molar-refractivity contribution in [1.82, 2.24) is 14.9 Å². The van der Waals surface area contributed by atoms with Crippen LogP contribution >= 0.6 is 33.9 Å². The Bertz CT molecular complexity index is 2160. The predicted molar refractivity (Wildman–Crippen MR) is 258 cm³/mol. The van der Waals surface area contributed by atoms with Crippen LogP contribution < -0.4 is 11.1 Å². The van der Waals surface area contributed by atoms with Gasteiger partial charge in [0.15, 0.2) is 22.8 Å². The number of aromatic nitrogens is 2. The van der Waals surface area contributed by atoms with Gasteiger partial charge in [-0.1, -0.05) is 38.9 Å². The summed E-state index contributed by atoms with van der Waals surface area (Å²) in [4.78, 5) is 75.3. The highest BCUT2D eigenvalue weighted by atomic mass is 127. The van der Waals surface area contributed by atoms with E-state index in [1.165, 1.54) is 25.2 Å². The number of alkyl halides is 2. The van der Waals surface area contributed by atoms with E-state index in [0.29, 0.717) is 40.1 Å². The first-order valence-corrected chi connectivity index (χ1v) is 24.8. The van der Waals surface area contributed by atoms with Crippen molar-refractivity contribution in [3.63, 3.8) is 0 Å². The predicted octanol–water partition coefficient (Wildman–Crippen LogP) is 5.40. The Balaban J connectivity index is 1.61. The molecule has 67 heavy (non-hydrogen) atoms. The number of nitrogens with two attached hydrogens (primary N) is 1. The van der Waals surface area contributed by atoms with Crippen LogP contribution in [0.2, 0.25) is 0 Å². The monoisotopic (exact) mass is 1070 g/mol. The van der Waals surface area contributed by atoms with Gasteiger partial charge in [-0.15, -0.1) is 11.3 Å². The molecule has 5 rings (SSSR count). The Labute approximate surface area is 409 Å². The number of carbonyl (C=O) groups is 4. The number of ether oxygens (including phenoxy) is 4. The fourth-order valence-electron chi connectivity index (χ4n) is 9.11. The highest BCUT2D eigenvalue weighted by molar-refractivity contribution is 14.1. The number of hydrogen-bond acceptors (Lipinski definition) is 17. The molecule has 372 valence electrons. The van der Waals surface area contributed by atoms with Gasteiger partial charge in [-0.05, 0) is 121 Å². The third-order valence-corrected chi connectivity index (χ3v) is 15.5. The van der Waals surface area contributed by atoms with E-state index in [1.807, 2.05) is 39.8 Å². The number of rotatable bonds is 10. The molecule has 3 aliphatic rings. The first-order valence-electron chi connectivity index (χ1n) is 22.7. The number of hydrogen-bond donors (Lipinski definition) is 4. The number of aliphatic hydroxyl groups excluding tert-OH is 1. The van der Waals surface area contributed by atoms with Crippen molar-refractivity contribution in [2.24, 2.45) is 39.6 Å². The Morgan fingerprint density at radius 3 is 2.51 bits per heavy atom. The zero-order valence-corrected chi connectivity index (χ0v) is 43.1. The van der Waals surface area contributed by atoms with Crippen LogP contribution in [0.5, 0.6) is 0 Å². The number of thiazole rings is 1. The van der Waals surface area contributed by atoms with Crippen molar-refractivity contribution in [3.05, 3.63) is 29.3 Å². The van der Waals surface area contributed by atoms with Crippen LogP contribution in [0.4, 0.5) is 10.2 Å². The maximum Gasteiger partial charge on any atom is 0.352 e. The number of halogens is 2. The molecule has 18 nitrogen and oxygen atoms in total. The SMILES string of the molecule is CCC(=O)/N=C1\[C@H](C)C[C@@]2(C)OC/C(=N/OCc3csc(-c4cccc(NC(=O)[C@H](C)N)n4)n3)CC[C@H]([C@H]1C)[C@](C)(O)[C@@H](I)OC(=O)[C@@](C)(F)C(=O)[C@H](C)[C@H]2O[C@@H]1O[C@H](C)C[C@H](N(C)C)[C@H]1O. The van der Waals surface area contributed by atoms with Gasteiger partial charge in [-0.2, -0.15) is 0 Å². The van der Waals surface area contributed by atoms with Crippen LogP contribution in [0, 0.1) is 23.7 Å². The van der Waals surface area contributed by atoms with E-state index in [4.69, 9.17) is 29.5 Å². The van der Waals surface area contributed by atoms with Crippen LogP contribution in [0.1, 0.15) is 100 Å². The van der Waals surface area contributed by atoms with Crippen molar-refractivity contribution in [2.75, 3.05) is 26.0 Å². The first-order chi connectivity index (χ1) is 31.3. The Hall–Kier alpha value is -3.42. The molecule has 14 atom stereocenters. The fourth-order valence-corrected chi connectivity index (χ4v) is 10.6. The molecule has 2 bridgehead atoms. The molecule has 3 fully saturated rings. The van der Waals surface area contributed by atoms with Crippen molar-refractivity contribution >= 4 is 74.7 Å².